The van der Waals surface area contributed by atoms with Crippen LogP contribution < -0.4 is 15.8 Å². The molecule has 0 saturated carbocycles. The standard InChI is InChI=1S/C13H19N3O2S/c1-15-19(17,18)13-9-10(14)7-8-12(13)16-11-5-3-2-4-6-11/h2-3,7-9,11,15-16H,4-6,14H2,1H3. The van der Waals surface area contributed by atoms with Gasteiger partial charge in [-0.3, -0.25) is 0 Å². The Labute approximate surface area is 113 Å². The van der Waals surface area contributed by atoms with Crippen molar-refractivity contribution in [1.29, 1.82) is 0 Å². The molecule has 19 heavy (non-hydrogen) atoms. The highest BCUT2D eigenvalue weighted by Gasteiger charge is 2.19. The summed E-state index contributed by atoms with van der Waals surface area (Å²) in [6.45, 7) is 0. The quantitative estimate of drug-likeness (QED) is 0.579. The zero-order chi connectivity index (χ0) is 13.9. The summed E-state index contributed by atoms with van der Waals surface area (Å²) in [5.41, 5.74) is 6.71. The molecule has 2 rings (SSSR count). The Kier molecular flexibility index (Phi) is 4.11. The third-order valence-corrected chi connectivity index (χ3v) is 4.65. The smallest absolute Gasteiger partial charge is 0.242 e. The zero-order valence-corrected chi connectivity index (χ0v) is 11.7. The molecule has 0 spiro atoms. The first-order valence-corrected chi connectivity index (χ1v) is 7.76. The Morgan fingerprint density at radius 3 is 2.74 bits per heavy atom. The van der Waals surface area contributed by atoms with Crippen LogP contribution in [0, 0.1) is 0 Å². The third-order valence-electron chi connectivity index (χ3n) is 3.19. The molecule has 1 unspecified atom stereocenters. The highest BCUT2D eigenvalue weighted by molar-refractivity contribution is 7.89. The fourth-order valence-electron chi connectivity index (χ4n) is 2.14. The minimum atomic E-state index is -3.51. The first-order valence-electron chi connectivity index (χ1n) is 6.27. The molecular weight excluding hydrogens is 262 g/mol. The molecule has 0 aromatic heterocycles. The SMILES string of the molecule is CNS(=O)(=O)c1cc(N)ccc1NC1CC=CCC1. The summed E-state index contributed by atoms with van der Waals surface area (Å²) in [6.07, 6.45) is 7.18. The van der Waals surface area contributed by atoms with Crippen LogP contribution in [0.1, 0.15) is 19.3 Å². The van der Waals surface area contributed by atoms with E-state index in [9.17, 15) is 8.42 Å². The van der Waals surface area contributed by atoms with E-state index in [-0.39, 0.29) is 10.9 Å². The second-order valence-corrected chi connectivity index (χ2v) is 6.44. The molecule has 0 saturated heterocycles. The fourth-order valence-corrected chi connectivity index (χ4v) is 3.06. The molecule has 0 bridgehead atoms. The fraction of sp³-hybridized carbons (Fsp3) is 0.385. The number of anilines is 2. The average molecular weight is 281 g/mol. The molecule has 1 aromatic rings. The lowest BCUT2D eigenvalue weighted by Crippen LogP contribution is -2.24. The normalized spacial score (nSPS) is 19.3. The first kappa shape index (κ1) is 13.9. The summed E-state index contributed by atoms with van der Waals surface area (Å²) < 4.78 is 26.3. The van der Waals surface area contributed by atoms with Crippen LogP contribution in [0.4, 0.5) is 11.4 Å². The van der Waals surface area contributed by atoms with Gasteiger partial charge in [0, 0.05) is 11.7 Å². The van der Waals surface area contributed by atoms with E-state index in [1.54, 1.807) is 12.1 Å². The van der Waals surface area contributed by atoms with Gasteiger partial charge in [-0.1, -0.05) is 12.2 Å². The molecular formula is C13H19N3O2S. The van der Waals surface area contributed by atoms with E-state index in [1.807, 2.05) is 0 Å². The second kappa shape index (κ2) is 5.63. The number of rotatable bonds is 4. The predicted octanol–water partition coefficient (Wildman–Crippen LogP) is 1.70. The molecule has 0 heterocycles. The van der Waals surface area contributed by atoms with Crippen molar-refractivity contribution in [2.45, 2.75) is 30.2 Å². The van der Waals surface area contributed by atoms with Crippen molar-refractivity contribution >= 4 is 21.4 Å². The number of allylic oxidation sites excluding steroid dienone is 1. The Morgan fingerprint density at radius 1 is 1.32 bits per heavy atom. The summed E-state index contributed by atoms with van der Waals surface area (Å²) in [5, 5.41) is 3.29. The molecule has 1 atom stereocenters. The maximum absolute atomic E-state index is 12.0. The molecule has 1 aromatic carbocycles. The molecule has 4 N–H and O–H groups in total. The van der Waals surface area contributed by atoms with Crippen molar-refractivity contribution in [3.63, 3.8) is 0 Å². The van der Waals surface area contributed by atoms with Gasteiger partial charge in [-0.15, -0.1) is 0 Å². The lowest BCUT2D eigenvalue weighted by atomic mass is 10.0. The van der Waals surface area contributed by atoms with Crippen LogP contribution in [0.5, 0.6) is 0 Å². The van der Waals surface area contributed by atoms with Gasteiger partial charge in [0.15, 0.2) is 0 Å². The summed E-state index contributed by atoms with van der Waals surface area (Å²) in [6, 6.07) is 5.17. The number of benzene rings is 1. The predicted molar refractivity (Wildman–Crippen MR) is 77.5 cm³/mol. The van der Waals surface area contributed by atoms with E-state index in [4.69, 9.17) is 5.73 Å². The Bertz CT molecular complexity index is 582. The molecule has 1 aliphatic rings. The second-order valence-electron chi connectivity index (χ2n) is 4.59. The Morgan fingerprint density at radius 2 is 2.11 bits per heavy atom. The number of hydrogen-bond donors (Lipinski definition) is 3. The van der Waals surface area contributed by atoms with Crippen LogP contribution in [-0.2, 0) is 10.0 Å². The first-order chi connectivity index (χ1) is 9.03. The number of nitrogen functional groups attached to an aromatic ring is 1. The van der Waals surface area contributed by atoms with E-state index < -0.39 is 10.0 Å². The molecule has 0 aliphatic heterocycles. The number of nitrogens with one attached hydrogen (secondary N) is 2. The van der Waals surface area contributed by atoms with Crippen LogP contribution in [0.15, 0.2) is 35.2 Å². The van der Waals surface area contributed by atoms with Crippen molar-refractivity contribution in [3.8, 4) is 0 Å². The largest absolute Gasteiger partial charge is 0.399 e. The average Bonchev–Trinajstić information content (AvgIpc) is 2.42. The lowest BCUT2D eigenvalue weighted by Gasteiger charge is -2.22. The van der Waals surface area contributed by atoms with Crippen molar-refractivity contribution < 1.29 is 8.42 Å². The summed E-state index contributed by atoms with van der Waals surface area (Å²) in [7, 11) is -2.12. The Hall–Kier alpha value is -1.53. The Balaban J connectivity index is 2.32. The van der Waals surface area contributed by atoms with Gasteiger partial charge >= 0.3 is 0 Å². The lowest BCUT2D eigenvalue weighted by molar-refractivity contribution is 0.587. The minimum absolute atomic E-state index is 0.199. The van der Waals surface area contributed by atoms with Gasteiger partial charge in [0.1, 0.15) is 4.90 Å². The van der Waals surface area contributed by atoms with Crippen LogP contribution in [0.3, 0.4) is 0 Å². The highest BCUT2D eigenvalue weighted by Crippen LogP contribution is 2.26. The van der Waals surface area contributed by atoms with E-state index in [0.717, 1.165) is 19.3 Å². The number of nitrogens with two attached hydrogens (primary N) is 1. The molecule has 0 radical (unpaired) electrons. The van der Waals surface area contributed by atoms with E-state index in [2.05, 4.69) is 22.2 Å². The van der Waals surface area contributed by atoms with E-state index in [1.165, 1.54) is 13.1 Å². The summed E-state index contributed by atoms with van der Waals surface area (Å²) >= 11 is 0. The van der Waals surface area contributed by atoms with Gasteiger partial charge in [-0.25, -0.2) is 13.1 Å². The van der Waals surface area contributed by atoms with Crippen LogP contribution in [0.2, 0.25) is 0 Å². The maximum atomic E-state index is 12.0. The molecule has 0 fully saturated rings. The molecule has 1 aliphatic carbocycles. The van der Waals surface area contributed by atoms with Crippen molar-refractivity contribution in [2.75, 3.05) is 18.1 Å². The monoisotopic (exact) mass is 281 g/mol. The third kappa shape index (κ3) is 3.27. The topological polar surface area (TPSA) is 84.2 Å². The molecule has 5 nitrogen and oxygen atoms in total. The maximum Gasteiger partial charge on any atom is 0.242 e. The van der Waals surface area contributed by atoms with Gasteiger partial charge in [0.25, 0.3) is 0 Å². The van der Waals surface area contributed by atoms with Crippen LogP contribution in [-0.4, -0.2) is 21.5 Å². The van der Waals surface area contributed by atoms with Crippen LogP contribution in [0.25, 0.3) is 0 Å². The molecule has 6 heteroatoms. The number of hydrogen-bond acceptors (Lipinski definition) is 4. The van der Waals surface area contributed by atoms with Crippen molar-refractivity contribution in [1.82, 2.24) is 4.72 Å². The molecule has 104 valence electrons. The number of sulfonamides is 1. The summed E-state index contributed by atoms with van der Waals surface area (Å²) in [5.74, 6) is 0. The summed E-state index contributed by atoms with van der Waals surface area (Å²) in [4.78, 5) is 0.199. The highest BCUT2D eigenvalue weighted by atomic mass is 32.2. The van der Waals surface area contributed by atoms with Gasteiger partial charge in [-0.05, 0) is 44.5 Å². The van der Waals surface area contributed by atoms with Crippen molar-refractivity contribution in [2.24, 2.45) is 0 Å². The van der Waals surface area contributed by atoms with Gasteiger partial charge in [0.05, 0.1) is 5.69 Å². The van der Waals surface area contributed by atoms with Crippen LogP contribution >= 0.6 is 0 Å². The van der Waals surface area contributed by atoms with Crippen molar-refractivity contribution in [3.05, 3.63) is 30.4 Å². The van der Waals surface area contributed by atoms with Gasteiger partial charge < -0.3 is 11.1 Å². The van der Waals surface area contributed by atoms with Gasteiger partial charge in [-0.2, -0.15) is 0 Å². The van der Waals surface area contributed by atoms with E-state index >= 15 is 0 Å². The van der Waals surface area contributed by atoms with Gasteiger partial charge in [0.2, 0.25) is 10.0 Å². The van der Waals surface area contributed by atoms with E-state index in [0.29, 0.717) is 11.4 Å². The minimum Gasteiger partial charge on any atom is -0.399 e. The molecule has 0 amide bonds. The zero-order valence-electron chi connectivity index (χ0n) is 10.9.